The van der Waals surface area contributed by atoms with Crippen LogP contribution in [0.3, 0.4) is 0 Å². The van der Waals surface area contributed by atoms with E-state index in [2.05, 4.69) is 20.3 Å². The zero-order valence-electron chi connectivity index (χ0n) is 13.2. The van der Waals surface area contributed by atoms with Crippen LogP contribution in [0.4, 0.5) is 11.5 Å². The lowest BCUT2D eigenvalue weighted by atomic mass is 10.1. The predicted molar refractivity (Wildman–Crippen MR) is 98.0 cm³/mol. The summed E-state index contributed by atoms with van der Waals surface area (Å²) < 4.78 is 23.5. The van der Waals surface area contributed by atoms with Crippen molar-refractivity contribution in [2.24, 2.45) is 0 Å². The van der Waals surface area contributed by atoms with Crippen molar-refractivity contribution in [3.05, 3.63) is 51.9 Å². The van der Waals surface area contributed by atoms with E-state index in [1.165, 1.54) is 11.8 Å². The lowest BCUT2D eigenvalue weighted by molar-refractivity contribution is 0.598. The monoisotopic (exact) mass is 374 g/mol. The van der Waals surface area contributed by atoms with Gasteiger partial charge in [0.15, 0.2) is 15.0 Å². The molecule has 0 amide bonds. The molecule has 4 rings (SSSR count). The van der Waals surface area contributed by atoms with Crippen molar-refractivity contribution in [3.63, 3.8) is 0 Å². The summed E-state index contributed by atoms with van der Waals surface area (Å²) >= 11 is 1.38. The van der Waals surface area contributed by atoms with Gasteiger partial charge in [0.25, 0.3) is 5.56 Å². The van der Waals surface area contributed by atoms with Gasteiger partial charge in [0, 0.05) is 11.9 Å². The molecule has 3 heterocycles. The molecule has 0 fully saturated rings. The lowest BCUT2D eigenvalue weighted by Crippen LogP contribution is -2.10. The predicted octanol–water partition coefficient (Wildman–Crippen LogP) is 2.21. The van der Waals surface area contributed by atoms with Gasteiger partial charge in [-0.15, -0.1) is 0 Å². The maximum absolute atomic E-state index is 12.2. The van der Waals surface area contributed by atoms with E-state index in [0.29, 0.717) is 27.6 Å². The molecule has 1 aliphatic rings. The molecule has 0 atom stereocenters. The number of anilines is 2. The number of aromatic amines is 1. The fourth-order valence-electron chi connectivity index (χ4n) is 2.89. The van der Waals surface area contributed by atoms with Crippen LogP contribution in [-0.2, 0) is 21.3 Å². The molecule has 1 aromatic carbocycles. The van der Waals surface area contributed by atoms with Gasteiger partial charge in [0.1, 0.15) is 11.2 Å². The number of hydrogen-bond acceptors (Lipinski definition) is 7. The smallest absolute Gasteiger partial charge is 0.261 e. The summed E-state index contributed by atoms with van der Waals surface area (Å²) in [4.78, 5) is 23.6. The van der Waals surface area contributed by atoms with Crippen LogP contribution in [0.25, 0.3) is 10.9 Å². The van der Waals surface area contributed by atoms with Crippen LogP contribution in [0.2, 0.25) is 0 Å². The van der Waals surface area contributed by atoms with E-state index in [-0.39, 0.29) is 17.1 Å². The van der Waals surface area contributed by atoms with Crippen molar-refractivity contribution >= 4 is 44.0 Å². The zero-order chi connectivity index (χ0) is 17.6. The Hall–Kier alpha value is -2.39. The van der Waals surface area contributed by atoms with Gasteiger partial charge in [-0.1, -0.05) is 17.8 Å². The fraction of sp³-hybridized carbons (Fsp3) is 0.188. The number of fused-ring (bicyclic) bond motifs is 2. The molecule has 3 aromatic rings. The number of nitrogens with zero attached hydrogens (tertiary/aromatic N) is 2. The molecule has 0 radical (unpaired) electrons. The van der Waals surface area contributed by atoms with E-state index >= 15 is 0 Å². The second-order valence-electron chi connectivity index (χ2n) is 5.77. The Morgan fingerprint density at radius 2 is 1.96 bits per heavy atom. The van der Waals surface area contributed by atoms with E-state index in [4.69, 9.17) is 0 Å². The Kier molecular flexibility index (Phi) is 3.77. The van der Waals surface area contributed by atoms with Gasteiger partial charge in [-0.2, -0.15) is 0 Å². The minimum absolute atomic E-state index is 0.0407. The SMILES string of the molecule is CSc1nc(Nc2ccc3c(c2)CS(=O)(=O)C3)c2c(=O)[nH]ccc2n1. The number of pyridine rings is 1. The minimum Gasteiger partial charge on any atom is -0.339 e. The van der Waals surface area contributed by atoms with Gasteiger partial charge in [0.05, 0.1) is 17.0 Å². The van der Waals surface area contributed by atoms with Crippen LogP contribution in [0.15, 0.2) is 40.4 Å². The Morgan fingerprint density at radius 1 is 1.16 bits per heavy atom. The van der Waals surface area contributed by atoms with Crippen LogP contribution >= 0.6 is 11.8 Å². The lowest BCUT2D eigenvalue weighted by Gasteiger charge is -2.10. The molecule has 7 nitrogen and oxygen atoms in total. The Labute approximate surface area is 147 Å². The number of hydrogen-bond donors (Lipinski definition) is 2. The molecule has 0 saturated heterocycles. The first kappa shape index (κ1) is 16.1. The highest BCUT2D eigenvalue weighted by molar-refractivity contribution is 7.98. The van der Waals surface area contributed by atoms with Crippen LogP contribution in [0, 0.1) is 0 Å². The highest BCUT2D eigenvalue weighted by Crippen LogP contribution is 2.30. The molecule has 25 heavy (non-hydrogen) atoms. The average molecular weight is 374 g/mol. The number of aromatic nitrogens is 3. The number of nitrogens with one attached hydrogen (secondary N) is 2. The summed E-state index contributed by atoms with van der Waals surface area (Å²) in [6.07, 6.45) is 3.41. The molecule has 0 saturated carbocycles. The van der Waals surface area contributed by atoms with Crippen LogP contribution in [0.5, 0.6) is 0 Å². The number of benzene rings is 1. The number of thioether (sulfide) groups is 1. The number of H-pyrrole nitrogens is 1. The average Bonchev–Trinajstić information content (AvgIpc) is 2.87. The zero-order valence-corrected chi connectivity index (χ0v) is 14.9. The molecule has 0 aliphatic carbocycles. The Bertz CT molecular complexity index is 1160. The molecule has 128 valence electrons. The summed E-state index contributed by atoms with van der Waals surface area (Å²) in [5, 5.41) is 4.05. The van der Waals surface area contributed by atoms with E-state index < -0.39 is 9.84 Å². The second kappa shape index (κ2) is 5.85. The first-order valence-corrected chi connectivity index (χ1v) is 10.5. The molecule has 0 bridgehead atoms. The second-order valence-corrected chi connectivity index (χ2v) is 8.60. The number of sulfone groups is 1. The van der Waals surface area contributed by atoms with Crippen molar-refractivity contribution in [1.82, 2.24) is 15.0 Å². The van der Waals surface area contributed by atoms with Crippen molar-refractivity contribution in [2.75, 3.05) is 11.6 Å². The molecular formula is C16H14N4O3S2. The summed E-state index contributed by atoms with van der Waals surface area (Å²) in [5.74, 6) is 0.519. The van der Waals surface area contributed by atoms with Crippen LogP contribution in [-0.4, -0.2) is 29.6 Å². The van der Waals surface area contributed by atoms with Gasteiger partial charge in [0.2, 0.25) is 0 Å². The summed E-state index contributed by atoms with van der Waals surface area (Å²) in [6.45, 7) is 0. The third kappa shape index (κ3) is 3.00. The number of rotatable bonds is 3. The third-order valence-electron chi connectivity index (χ3n) is 4.00. The van der Waals surface area contributed by atoms with E-state index in [0.717, 1.165) is 11.1 Å². The largest absolute Gasteiger partial charge is 0.339 e. The minimum atomic E-state index is -3.06. The highest BCUT2D eigenvalue weighted by Gasteiger charge is 2.24. The normalized spacial score (nSPS) is 15.2. The quantitative estimate of drug-likeness (QED) is 0.535. The van der Waals surface area contributed by atoms with Crippen molar-refractivity contribution in [2.45, 2.75) is 16.7 Å². The standard InChI is InChI=1S/C16H14N4O3S2/c1-24-16-19-12-4-5-17-15(21)13(12)14(20-16)18-11-3-2-9-7-25(22,23)8-10(9)6-11/h2-6H,7-8H2,1H3,(H,17,21)(H,18,19,20). The third-order valence-corrected chi connectivity index (χ3v) is 6.05. The van der Waals surface area contributed by atoms with Crippen molar-refractivity contribution < 1.29 is 8.42 Å². The van der Waals surface area contributed by atoms with E-state index in [9.17, 15) is 13.2 Å². The first-order valence-electron chi connectivity index (χ1n) is 7.48. The maximum Gasteiger partial charge on any atom is 0.261 e. The Morgan fingerprint density at radius 3 is 2.76 bits per heavy atom. The van der Waals surface area contributed by atoms with Gasteiger partial charge in [-0.05, 0) is 35.6 Å². The summed E-state index contributed by atoms with van der Waals surface area (Å²) in [7, 11) is -3.06. The molecule has 9 heteroatoms. The first-order chi connectivity index (χ1) is 11.9. The topological polar surface area (TPSA) is 105 Å². The van der Waals surface area contributed by atoms with E-state index in [1.54, 1.807) is 30.5 Å². The van der Waals surface area contributed by atoms with Crippen LogP contribution < -0.4 is 10.9 Å². The fourth-order valence-corrected chi connectivity index (χ4v) is 4.86. The maximum atomic E-state index is 12.2. The highest BCUT2D eigenvalue weighted by atomic mass is 32.2. The summed E-state index contributed by atoms with van der Waals surface area (Å²) in [5.41, 5.74) is 2.56. The van der Waals surface area contributed by atoms with Crippen molar-refractivity contribution in [1.29, 1.82) is 0 Å². The van der Waals surface area contributed by atoms with E-state index in [1.807, 2.05) is 6.26 Å². The molecule has 1 aliphatic heterocycles. The molecular weight excluding hydrogens is 360 g/mol. The molecule has 2 N–H and O–H groups in total. The Balaban J connectivity index is 1.81. The van der Waals surface area contributed by atoms with Gasteiger partial charge in [-0.25, -0.2) is 18.4 Å². The van der Waals surface area contributed by atoms with Gasteiger partial charge < -0.3 is 10.3 Å². The molecule has 2 aromatic heterocycles. The molecule has 0 unspecified atom stereocenters. The van der Waals surface area contributed by atoms with Crippen LogP contribution in [0.1, 0.15) is 11.1 Å². The van der Waals surface area contributed by atoms with Gasteiger partial charge in [-0.3, -0.25) is 4.79 Å². The van der Waals surface area contributed by atoms with Gasteiger partial charge >= 0.3 is 0 Å². The molecule has 0 spiro atoms. The summed E-state index contributed by atoms with van der Waals surface area (Å²) in [6, 6.07) is 7.11. The van der Waals surface area contributed by atoms with Crippen molar-refractivity contribution in [3.8, 4) is 0 Å².